The molecule has 0 N–H and O–H groups in total. The van der Waals surface area contributed by atoms with Gasteiger partial charge in [-0.15, -0.1) is 0 Å². The highest BCUT2D eigenvalue weighted by molar-refractivity contribution is 7.13. The van der Waals surface area contributed by atoms with Gasteiger partial charge in [0, 0.05) is 25.8 Å². The van der Waals surface area contributed by atoms with Crippen LogP contribution in [0.15, 0.2) is 4.99 Å². The fraction of sp³-hybridized carbons (Fsp3) is 0.667. The summed E-state index contributed by atoms with van der Waals surface area (Å²) in [7, 11) is 4.32. The molecule has 0 aromatic rings. The van der Waals surface area contributed by atoms with Crippen molar-refractivity contribution in [2.75, 3.05) is 20.1 Å². The van der Waals surface area contributed by atoms with E-state index < -0.39 is 0 Å². The second-order valence-corrected chi connectivity index (χ2v) is 3.06. The van der Waals surface area contributed by atoms with Gasteiger partial charge in [0.25, 0.3) is 0 Å². The summed E-state index contributed by atoms with van der Waals surface area (Å²) in [4.78, 5) is 4.03. The molecule has 1 saturated heterocycles. The monoisotopic (exact) mass is 155 g/mol. The lowest BCUT2D eigenvalue weighted by Crippen LogP contribution is -2.08. The van der Waals surface area contributed by atoms with Crippen LogP contribution < -0.4 is 0 Å². The van der Waals surface area contributed by atoms with Crippen LogP contribution in [0.1, 0.15) is 0 Å². The molecule has 1 aliphatic heterocycles. The maximum Gasteiger partial charge on any atom is 0.0984 e. The van der Waals surface area contributed by atoms with Crippen molar-refractivity contribution in [2.45, 2.75) is 0 Å². The van der Waals surface area contributed by atoms with Gasteiger partial charge in [0.05, 0.1) is 12.0 Å². The van der Waals surface area contributed by atoms with E-state index in [2.05, 4.69) is 20.5 Å². The van der Waals surface area contributed by atoms with E-state index in [0.717, 1.165) is 18.8 Å². The molecule has 0 bridgehead atoms. The van der Waals surface area contributed by atoms with Crippen LogP contribution in [0, 0.1) is 17.2 Å². The minimum Gasteiger partial charge on any atom is -0.295 e. The normalized spacial score (nSPS) is 30.9. The molecule has 0 aromatic carbocycles. The van der Waals surface area contributed by atoms with Crippen LogP contribution in [0.5, 0.6) is 0 Å². The van der Waals surface area contributed by atoms with Crippen molar-refractivity contribution in [3.63, 3.8) is 0 Å². The maximum atomic E-state index is 8.62. The highest BCUT2D eigenvalue weighted by atomic mass is 31.0. The third kappa shape index (κ3) is 1.34. The Morgan fingerprint density at radius 3 is 3.00 bits per heavy atom. The zero-order valence-corrected chi connectivity index (χ0v) is 7.07. The molecule has 0 spiro atoms. The predicted molar refractivity (Wildman–Crippen MR) is 43.7 cm³/mol. The van der Waals surface area contributed by atoms with Gasteiger partial charge in [-0.05, 0) is 0 Å². The van der Waals surface area contributed by atoms with Crippen LogP contribution in [-0.2, 0) is 0 Å². The number of hydrogen-bond donors (Lipinski definition) is 0. The van der Waals surface area contributed by atoms with E-state index in [-0.39, 0.29) is 5.92 Å². The van der Waals surface area contributed by atoms with E-state index in [0.29, 0.717) is 0 Å². The van der Waals surface area contributed by atoms with Crippen LogP contribution in [0.25, 0.3) is 0 Å². The van der Waals surface area contributed by atoms with Crippen LogP contribution in [0.4, 0.5) is 0 Å². The third-order valence-corrected chi connectivity index (χ3v) is 2.02. The summed E-state index contributed by atoms with van der Waals surface area (Å²) in [5.41, 5.74) is 0.998. The Morgan fingerprint density at radius 1 is 1.90 bits per heavy atom. The lowest BCUT2D eigenvalue weighted by Gasteiger charge is -2.00. The van der Waals surface area contributed by atoms with Crippen molar-refractivity contribution in [1.29, 1.82) is 5.26 Å². The van der Waals surface area contributed by atoms with E-state index in [4.69, 9.17) is 5.26 Å². The maximum absolute atomic E-state index is 8.62. The Morgan fingerprint density at radius 2 is 2.60 bits per heavy atom. The molecule has 54 valence electrons. The first-order valence-electron chi connectivity index (χ1n) is 3.12. The Bertz CT molecular complexity index is 194. The predicted octanol–water partition coefficient (Wildman–Crippen LogP) is 0.303. The smallest absolute Gasteiger partial charge is 0.0984 e. The Kier molecular flexibility index (Phi) is 2.37. The molecule has 0 aromatic heterocycles. The Balaban J connectivity index is 2.69. The molecular weight excluding hydrogens is 145 g/mol. The van der Waals surface area contributed by atoms with Gasteiger partial charge < -0.3 is 0 Å². The number of aliphatic imine (C=N–C) groups is 1. The molecule has 2 unspecified atom stereocenters. The highest BCUT2D eigenvalue weighted by Gasteiger charge is 2.25. The van der Waals surface area contributed by atoms with Gasteiger partial charge in [0.2, 0.25) is 0 Å². The molecule has 1 fully saturated rings. The summed E-state index contributed by atoms with van der Waals surface area (Å²) in [5.74, 6) is 0.0162. The summed E-state index contributed by atoms with van der Waals surface area (Å²) >= 11 is 0. The van der Waals surface area contributed by atoms with E-state index in [1.54, 1.807) is 7.05 Å². The first kappa shape index (κ1) is 7.65. The lowest BCUT2D eigenvalue weighted by atomic mass is 10.1. The van der Waals surface area contributed by atoms with Gasteiger partial charge in [-0.25, -0.2) is 0 Å². The van der Waals surface area contributed by atoms with Gasteiger partial charge in [0.1, 0.15) is 0 Å². The fourth-order valence-corrected chi connectivity index (χ4v) is 1.46. The Labute approximate surface area is 63.0 Å². The molecule has 1 aliphatic rings. The first-order valence-corrected chi connectivity index (χ1v) is 3.64. The lowest BCUT2D eigenvalue weighted by molar-refractivity contribution is 0.571. The summed E-state index contributed by atoms with van der Waals surface area (Å²) in [5, 5.41) is 8.62. The average Bonchev–Trinajstić information content (AvgIpc) is 2.30. The van der Waals surface area contributed by atoms with Gasteiger partial charge >= 0.3 is 0 Å². The molecule has 3 nitrogen and oxygen atoms in total. The molecule has 10 heavy (non-hydrogen) atoms. The van der Waals surface area contributed by atoms with Crippen molar-refractivity contribution in [1.82, 2.24) is 4.67 Å². The van der Waals surface area contributed by atoms with Crippen molar-refractivity contribution < 1.29 is 0 Å². The van der Waals surface area contributed by atoms with E-state index in [9.17, 15) is 0 Å². The molecule has 1 heterocycles. The average molecular weight is 155 g/mol. The van der Waals surface area contributed by atoms with Crippen molar-refractivity contribution in [3.05, 3.63) is 0 Å². The number of hydrogen-bond acceptors (Lipinski definition) is 3. The van der Waals surface area contributed by atoms with Crippen LogP contribution in [0.2, 0.25) is 0 Å². The SMILES string of the molecule is CN=C1CN(P)CC1C#N. The Hall–Kier alpha value is -0.450. The molecular formula is C6H10N3P. The summed E-state index contributed by atoms with van der Waals surface area (Å²) in [6.45, 7) is 1.62. The molecule has 0 amide bonds. The van der Waals surface area contributed by atoms with E-state index in [1.807, 2.05) is 4.67 Å². The zero-order valence-electron chi connectivity index (χ0n) is 5.91. The quantitative estimate of drug-likeness (QED) is 0.472. The minimum absolute atomic E-state index is 0.0162. The summed E-state index contributed by atoms with van der Waals surface area (Å²) < 4.78 is 2.02. The third-order valence-electron chi connectivity index (χ3n) is 1.63. The summed E-state index contributed by atoms with van der Waals surface area (Å²) in [6.07, 6.45) is 0. The second kappa shape index (κ2) is 3.09. The first-order chi connectivity index (χ1) is 4.77. The standard InChI is InChI=1S/C6H10N3P/c1-8-6-4-9(10)3-5(6)2-7/h5H,3-4,10H2,1H3. The molecule has 0 radical (unpaired) electrons. The zero-order chi connectivity index (χ0) is 7.56. The van der Waals surface area contributed by atoms with Crippen LogP contribution in [0.3, 0.4) is 0 Å². The molecule has 0 aliphatic carbocycles. The topological polar surface area (TPSA) is 39.4 Å². The van der Waals surface area contributed by atoms with Crippen molar-refractivity contribution >= 4 is 15.1 Å². The second-order valence-electron chi connectivity index (χ2n) is 2.33. The van der Waals surface area contributed by atoms with Crippen molar-refractivity contribution in [2.24, 2.45) is 10.9 Å². The van der Waals surface area contributed by atoms with Crippen LogP contribution >= 0.6 is 9.39 Å². The van der Waals surface area contributed by atoms with E-state index in [1.165, 1.54) is 0 Å². The number of rotatable bonds is 0. The highest BCUT2D eigenvalue weighted by Crippen LogP contribution is 2.15. The van der Waals surface area contributed by atoms with E-state index >= 15 is 0 Å². The summed E-state index contributed by atoms with van der Waals surface area (Å²) in [6, 6.07) is 2.21. The van der Waals surface area contributed by atoms with Gasteiger partial charge in [-0.3, -0.25) is 9.66 Å². The van der Waals surface area contributed by atoms with Gasteiger partial charge in [-0.1, -0.05) is 9.39 Å². The molecule has 0 saturated carbocycles. The number of nitriles is 1. The molecule has 2 atom stereocenters. The number of nitrogens with zero attached hydrogens (tertiary/aromatic N) is 3. The minimum atomic E-state index is 0.0162. The van der Waals surface area contributed by atoms with Gasteiger partial charge in [0.15, 0.2) is 0 Å². The molecule has 4 heteroatoms. The largest absolute Gasteiger partial charge is 0.295 e. The van der Waals surface area contributed by atoms with Crippen LogP contribution in [-0.4, -0.2) is 30.5 Å². The van der Waals surface area contributed by atoms with Gasteiger partial charge in [-0.2, -0.15) is 5.26 Å². The fourth-order valence-electron chi connectivity index (χ4n) is 1.06. The van der Waals surface area contributed by atoms with Crippen molar-refractivity contribution in [3.8, 4) is 6.07 Å². The molecule has 1 rings (SSSR count).